The van der Waals surface area contributed by atoms with Gasteiger partial charge in [0.1, 0.15) is 0 Å². The van der Waals surface area contributed by atoms with Crippen molar-refractivity contribution in [3.05, 3.63) is 17.0 Å². The Hall–Kier alpha value is -0.830. The van der Waals surface area contributed by atoms with E-state index in [1.807, 2.05) is 11.6 Å². The molecule has 6 nitrogen and oxygen atoms in total. The fourth-order valence-corrected chi connectivity index (χ4v) is 1.83. The highest BCUT2D eigenvalue weighted by molar-refractivity contribution is 14.0. The van der Waals surface area contributed by atoms with Gasteiger partial charge in [-0.25, -0.2) is 4.99 Å². The molecule has 0 saturated heterocycles. The zero-order valence-corrected chi connectivity index (χ0v) is 15.1. The van der Waals surface area contributed by atoms with Crippen molar-refractivity contribution >= 4 is 29.9 Å². The number of aryl methyl sites for hydroxylation is 1. The minimum atomic E-state index is 0. The van der Waals surface area contributed by atoms with Gasteiger partial charge in [-0.2, -0.15) is 5.10 Å². The predicted octanol–water partition coefficient (Wildman–Crippen LogP) is 1.58. The molecule has 0 atom stereocenters. The average Bonchev–Trinajstić information content (AvgIpc) is 2.66. The monoisotopic (exact) mass is 395 g/mol. The number of aromatic nitrogens is 2. The average molecular weight is 395 g/mol. The first-order valence-electron chi connectivity index (χ1n) is 6.65. The SMILES string of the molecule is CCCNC(N)=NCc1c(C)nn(CCOC)c1C.I. The number of ether oxygens (including phenoxy) is 1. The summed E-state index contributed by atoms with van der Waals surface area (Å²) in [5.41, 5.74) is 9.05. The molecule has 1 aromatic heterocycles. The molecular formula is C13H26IN5O. The van der Waals surface area contributed by atoms with Crippen LogP contribution in [0, 0.1) is 13.8 Å². The van der Waals surface area contributed by atoms with E-state index in [2.05, 4.69) is 29.3 Å². The predicted molar refractivity (Wildman–Crippen MR) is 92.6 cm³/mol. The highest BCUT2D eigenvalue weighted by atomic mass is 127. The lowest BCUT2D eigenvalue weighted by Crippen LogP contribution is -2.32. The van der Waals surface area contributed by atoms with Gasteiger partial charge in [-0.1, -0.05) is 6.92 Å². The van der Waals surface area contributed by atoms with E-state index in [0.29, 0.717) is 19.1 Å². The summed E-state index contributed by atoms with van der Waals surface area (Å²) in [4.78, 5) is 4.35. The zero-order chi connectivity index (χ0) is 14.3. The Morgan fingerprint density at radius 2 is 2.15 bits per heavy atom. The first-order chi connectivity index (χ1) is 9.10. The van der Waals surface area contributed by atoms with Crippen molar-refractivity contribution in [1.29, 1.82) is 0 Å². The van der Waals surface area contributed by atoms with E-state index in [1.54, 1.807) is 7.11 Å². The second-order valence-electron chi connectivity index (χ2n) is 4.49. The summed E-state index contributed by atoms with van der Waals surface area (Å²) in [6, 6.07) is 0. The lowest BCUT2D eigenvalue weighted by atomic mass is 10.2. The number of nitrogens with two attached hydrogens (primary N) is 1. The Bertz CT molecular complexity index is 431. The summed E-state index contributed by atoms with van der Waals surface area (Å²) >= 11 is 0. The van der Waals surface area contributed by atoms with Gasteiger partial charge in [-0.15, -0.1) is 24.0 Å². The molecule has 1 aromatic rings. The van der Waals surface area contributed by atoms with Gasteiger partial charge in [0.15, 0.2) is 5.96 Å². The topological polar surface area (TPSA) is 77.5 Å². The zero-order valence-electron chi connectivity index (χ0n) is 12.8. The summed E-state index contributed by atoms with van der Waals surface area (Å²) < 4.78 is 7.03. The standard InChI is InChI=1S/C13H25N5O.HI/c1-5-6-15-13(14)16-9-12-10(2)17-18(11(12)3)7-8-19-4;/h5-9H2,1-4H3,(H3,14,15,16);1H. The highest BCUT2D eigenvalue weighted by Gasteiger charge is 2.10. The van der Waals surface area contributed by atoms with Crippen molar-refractivity contribution in [3.8, 4) is 0 Å². The Kier molecular flexibility index (Phi) is 9.56. The van der Waals surface area contributed by atoms with Crippen LogP contribution in [0.25, 0.3) is 0 Å². The molecule has 0 aliphatic carbocycles. The molecule has 20 heavy (non-hydrogen) atoms. The fraction of sp³-hybridized carbons (Fsp3) is 0.692. The van der Waals surface area contributed by atoms with E-state index < -0.39 is 0 Å². The van der Waals surface area contributed by atoms with Gasteiger partial charge in [-0.3, -0.25) is 4.68 Å². The van der Waals surface area contributed by atoms with E-state index >= 15 is 0 Å². The number of guanidine groups is 1. The smallest absolute Gasteiger partial charge is 0.188 e. The van der Waals surface area contributed by atoms with Crippen LogP contribution in [0.1, 0.15) is 30.3 Å². The number of methoxy groups -OCH3 is 1. The lowest BCUT2D eigenvalue weighted by Gasteiger charge is -2.05. The largest absolute Gasteiger partial charge is 0.383 e. The molecule has 7 heteroatoms. The summed E-state index contributed by atoms with van der Waals surface area (Å²) in [5, 5.41) is 7.56. The molecule has 0 radical (unpaired) electrons. The number of nitrogens with one attached hydrogen (secondary N) is 1. The third-order valence-electron chi connectivity index (χ3n) is 3.00. The molecule has 0 amide bonds. The molecule has 116 valence electrons. The molecule has 0 fully saturated rings. The Morgan fingerprint density at radius 3 is 2.75 bits per heavy atom. The maximum atomic E-state index is 5.79. The first kappa shape index (κ1) is 19.2. The Morgan fingerprint density at radius 1 is 1.45 bits per heavy atom. The molecule has 0 aliphatic rings. The molecular weight excluding hydrogens is 369 g/mol. The minimum Gasteiger partial charge on any atom is -0.383 e. The van der Waals surface area contributed by atoms with Crippen LogP contribution in [-0.2, 0) is 17.8 Å². The molecule has 1 rings (SSSR count). The maximum Gasteiger partial charge on any atom is 0.188 e. The second-order valence-corrected chi connectivity index (χ2v) is 4.49. The van der Waals surface area contributed by atoms with Crippen LogP contribution in [0.15, 0.2) is 4.99 Å². The van der Waals surface area contributed by atoms with E-state index in [-0.39, 0.29) is 24.0 Å². The maximum absolute atomic E-state index is 5.79. The van der Waals surface area contributed by atoms with Gasteiger partial charge in [0.05, 0.1) is 25.4 Å². The van der Waals surface area contributed by atoms with E-state index in [0.717, 1.165) is 36.5 Å². The van der Waals surface area contributed by atoms with Crippen LogP contribution in [0.4, 0.5) is 0 Å². The number of hydrogen-bond acceptors (Lipinski definition) is 3. The quantitative estimate of drug-likeness (QED) is 0.418. The van der Waals surface area contributed by atoms with Gasteiger partial charge >= 0.3 is 0 Å². The summed E-state index contributed by atoms with van der Waals surface area (Å²) in [6.45, 7) is 8.97. The van der Waals surface area contributed by atoms with E-state index in [4.69, 9.17) is 10.5 Å². The molecule has 0 aliphatic heterocycles. The number of hydrogen-bond donors (Lipinski definition) is 2. The summed E-state index contributed by atoms with van der Waals surface area (Å²) in [5.74, 6) is 0.491. The second kappa shape index (κ2) is 9.98. The molecule has 3 N–H and O–H groups in total. The fourth-order valence-electron chi connectivity index (χ4n) is 1.83. The van der Waals surface area contributed by atoms with Crippen molar-refractivity contribution < 1.29 is 4.74 Å². The number of rotatable bonds is 7. The van der Waals surface area contributed by atoms with E-state index in [9.17, 15) is 0 Å². The van der Waals surface area contributed by atoms with Crippen molar-refractivity contribution in [2.75, 3.05) is 20.3 Å². The molecule has 0 unspecified atom stereocenters. The lowest BCUT2D eigenvalue weighted by molar-refractivity contribution is 0.182. The molecule has 1 heterocycles. The van der Waals surface area contributed by atoms with Gasteiger partial charge in [0.25, 0.3) is 0 Å². The van der Waals surface area contributed by atoms with Crippen molar-refractivity contribution in [1.82, 2.24) is 15.1 Å². The third kappa shape index (κ3) is 5.66. The summed E-state index contributed by atoms with van der Waals surface area (Å²) in [6.07, 6.45) is 1.03. The van der Waals surface area contributed by atoms with Crippen LogP contribution in [-0.4, -0.2) is 36.0 Å². The van der Waals surface area contributed by atoms with Gasteiger partial charge in [0.2, 0.25) is 0 Å². The first-order valence-corrected chi connectivity index (χ1v) is 6.65. The van der Waals surface area contributed by atoms with Gasteiger partial charge in [0, 0.05) is 24.9 Å². The van der Waals surface area contributed by atoms with Crippen molar-refractivity contribution in [2.24, 2.45) is 10.7 Å². The normalized spacial score (nSPS) is 11.3. The van der Waals surface area contributed by atoms with Gasteiger partial charge in [-0.05, 0) is 20.3 Å². The van der Waals surface area contributed by atoms with Crippen LogP contribution in [0.2, 0.25) is 0 Å². The van der Waals surface area contributed by atoms with Crippen LogP contribution < -0.4 is 11.1 Å². The molecule has 0 spiro atoms. The van der Waals surface area contributed by atoms with E-state index in [1.165, 1.54) is 0 Å². The summed E-state index contributed by atoms with van der Waals surface area (Å²) in [7, 11) is 1.69. The third-order valence-corrected chi connectivity index (χ3v) is 3.00. The van der Waals surface area contributed by atoms with Crippen LogP contribution in [0.5, 0.6) is 0 Å². The molecule has 0 saturated carbocycles. The molecule has 0 bridgehead atoms. The van der Waals surface area contributed by atoms with Crippen molar-refractivity contribution in [2.45, 2.75) is 40.3 Å². The van der Waals surface area contributed by atoms with Crippen molar-refractivity contribution in [3.63, 3.8) is 0 Å². The Labute approximate surface area is 138 Å². The van der Waals surface area contributed by atoms with Crippen LogP contribution >= 0.6 is 24.0 Å². The minimum absolute atomic E-state index is 0. The van der Waals surface area contributed by atoms with Crippen LogP contribution in [0.3, 0.4) is 0 Å². The van der Waals surface area contributed by atoms with Gasteiger partial charge < -0.3 is 15.8 Å². The number of halogens is 1. The Balaban J connectivity index is 0.00000361. The number of nitrogens with zero attached hydrogens (tertiary/aromatic N) is 3. The molecule has 0 aromatic carbocycles. The number of aliphatic imine (C=N–C) groups is 1. The highest BCUT2D eigenvalue weighted by Crippen LogP contribution is 2.14.